The maximum absolute atomic E-state index is 13.0. The van der Waals surface area contributed by atoms with E-state index in [1.165, 1.54) is 33.0 Å². The summed E-state index contributed by atoms with van der Waals surface area (Å²) in [4.78, 5) is 25.8. The highest BCUT2D eigenvalue weighted by atomic mass is 16.5. The summed E-state index contributed by atoms with van der Waals surface area (Å²) < 4.78 is 22.8. The normalized spacial score (nSPS) is 10.7. The standard InChI is InChI=1S/C22H23NO6/c1-6-23-19(22(25)29-5)18(14-9-7-8-10-15(14)21(23)24)13-11-16(26-2)20(28-4)17(12-13)27-3/h7-12H,6H2,1-5H3. The van der Waals surface area contributed by atoms with Gasteiger partial charge in [-0.1, -0.05) is 18.2 Å². The summed E-state index contributed by atoms with van der Waals surface area (Å²) in [6.07, 6.45) is 0. The van der Waals surface area contributed by atoms with E-state index in [0.717, 1.165) is 0 Å². The van der Waals surface area contributed by atoms with E-state index in [-0.39, 0.29) is 11.3 Å². The number of hydrogen-bond donors (Lipinski definition) is 0. The van der Waals surface area contributed by atoms with Crippen molar-refractivity contribution in [3.05, 3.63) is 52.4 Å². The number of fused-ring (bicyclic) bond motifs is 1. The molecule has 1 heterocycles. The molecule has 0 saturated heterocycles. The lowest BCUT2D eigenvalue weighted by molar-refractivity contribution is 0.0588. The Kier molecular flexibility index (Phi) is 5.77. The van der Waals surface area contributed by atoms with Crippen LogP contribution in [0, 0.1) is 0 Å². The molecule has 29 heavy (non-hydrogen) atoms. The predicted molar refractivity (Wildman–Crippen MR) is 110 cm³/mol. The number of ether oxygens (including phenoxy) is 4. The van der Waals surface area contributed by atoms with E-state index in [4.69, 9.17) is 18.9 Å². The number of hydrogen-bond acceptors (Lipinski definition) is 6. The number of pyridine rings is 1. The summed E-state index contributed by atoms with van der Waals surface area (Å²) in [5, 5.41) is 1.14. The third-order valence-corrected chi connectivity index (χ3v) is 4.83. The van der Waals surface area contributed by atoms with Gasteiger partial charge in [0.25, 0.3) is 5.56 Å². The topological polar surface area (TPSA) is 76.0 Å². The van der Waals surface area contributed by atoms with Gasteiger partial charge in [-0.15, -0.1) is 0 Å². The van der Waals surface area contributed by atoms with E-state index in [9.17, 15) is 9.59 Å². The zero-order valence-electron chi connectivity index (χ0n) is 17.1. The number of esters is 1. The van der Waals surface area contributed by atoms with Gasteiger partial charge in [-0.25, -0.2) is 4.79 Å². The smallest absolute Gasteiger partial charge is 0.355 e. The molecule has 0 fully saturated rings. The first-order valence-electron chi connectivity index (χ1n) is 9.06. The summed E-state index contributed by atoms with van der Waals surface area (Å²) in [7, 11) is 5.86. The fourth-order valence-electron chi connectivity index (χ4n) is 3.53. The number of benzene rings is 2. The van der Waals surface area contributed by atoms with Crippen molar-refractivity contribution in [3.8, 4) is 28.4 Å². The first-order valence-corrected chi connectivity index (χ1v) is 9.06. The first kappa shape index (κ1) is 20.3. The van der Waals surface area contributed by atoms with Gasteiger partial charge in [0.15, 0.2) is 11.5 Å². The molecule has 2 aromatic carbocycles. The van der Waals surface area contributed by atoms with E-state index in [1.54, 1.807) is 24.3 Å². The summed E-state index contributed by atoms with van der Waals surface area (Å²) >= 11 is 0. The molecular formula is C22H23NO6. The second kappa shape index (κ2) is 8.26. The lowest BCUT2D eigenvalue weighted by Crippen LogP contribution is -2.27. The minimum absolute atomic E-state index is 0.174. The summed E-state index contributed by atoms with van der Waals surface area (Å²) in [5.41, 5.74) is 1.12. The molecule has 0 atom stereocenters. The number of rotatable bonds is 6. The van der Waals surface area contributed by atoms with Crippen molar-refractivity contribution in [2.24, 2.45) is 0 Å². The SMILES string of the molecule is CCn1c(C(=O)OC)c(-c2cc(OC)c(OC)c(OC)c2)c2ccccc2c1=O. The molecule has 0 aliphatic carbocycles. The van der Waals surface area contributed by atoms with Gasteiger partial charge in [0.05, 0.1) is 28.4 Å². The third-order valence-electron chi connectivity index (χ3n) is 4.83. The molecule has 0 bridgehead atoms. The van der Waals surface area contributed by atoms with E-state index in [2.05, 4.69) is 0 Å². The molecule has 0 N–H and O–H groups in total. The molecule has 0 radical (unpaired) electrons. The molecule has 0 amide bonds. The van der Waals surface area contributed by atoms with Crippen LogP contribution in [-0.2, 0) is 11.3 Å². The van der Waals surface area contributed by atoms with Gasteiger partial charge in [-0.3, -0.25) is 4.79 Å². The van der Waals surface area contributed by atoms with Crippen molar-refractivity contribution in [3.63, 3.8) is 0 Å². The number of carbonyl (C=O) groups is 1. The maximum atomic E-state index is 13.0. The summed E-state index contributed by atoms with van der Waals surface area (Å²) in [6, 6.07) is 10.7. The van der Waals surface area contributed by atoms with Crippen LogP contribution < -0.4 is 19.8 Å². The average Bonchev–Trinajstić information content (AvgIpc) is 2.77. The molecule has 3 rings (SSSR count). The monoisotopic (exact) mass is 397 g/mol. The maximum Gasteiger partial charge on any atom is 0.355 e. The van der Waals surface area contributed by atoms with E-state index in [0.29, 0.717) is 45.7 Å². The second-order valence-corrected chi connectivity index (χ2v) is 6.22. The minimum atomic E-state index is -0.599. The predicted octanol–water partition coefficient (Wildman–Crippen LogP) is 3.50. The van der Waals surface area contributed by atoms with Crippen molar-refractivity contribution in [2.75, 3.05) is 28.4 Å². The Morgan fingerprint density at radius 3 is 2.00 bits per heavy atom. The molecule has 7 nitrogen and oxygen atoms in total. The molecule has 0 spiro atoms. The Balaban J connectivity index is 2.54. The number of carbonyl (C=O) groups excluding carboxylic acids is 1. The zero-order chi connectivity index (χ0) is 21.1. The largest absolute Gasteiger partial charge is 0.493 e. The van der Waals surface area contributed by atoms with E-state index >= 15 is 0 Å². The number of methoxy groups -OCH3 is 4. The van der Waals surface area contributed by atoms with Gasteiger partial charge < -0.3 is 23.5 Å². The quantitative estimate of drug-likeness (QED) is 0.593. The Morgan fingerprint density at radius 1 is 0.931 bits per heavy atom. The molecule has 1 aromatic heterocycles. The van der Waals surface area contributed by atoms with Gasteiger partial charge in [0, 0.05) is 17.5 Å². The second-order valence-electron chi connectivity index (χ2n) is 6.22. The van der Waals surface area contributed by atoms with Crippen molar-refractivity contribution >= 4 is 16.7 Å². The summed E-state index contributed by atoms with van der Waals surface area (Å²) in [6.45, 7) is 2.12. The molecule has 0 saturated carbocycles. The molecule has 0 unspecified atom stereocenters. The molecule has 3 aromatic rings. The highest BCUT2D eigenvalue weighted by Crippen LogP contribution is 2.43. The van der Waals surface area contributed by atoms with Gasteiger partial charge in [0.2, 0.25) is 5.75 Å². The van der Waals surface area contributed by atoms with Crippen LogP contribution in [0.4, 0.5) is 0 Å². The van der Waals surface area contributed by atoms with Crippen LogP contribution in [0.2, 0.25) is 0 Å². The average molecular weight is 397 g/mol. The van der Waals surface area contributed by atoms with Crippen LogP contribution >= 0.6 is 0 Å². The molecule has 7 heteroatoms. The van der Waals surface area contributed by atoms with Crippen molar-refractivity contribution in [2.45, 2.75) is 13.5 Å². The van der Waals surface area contributed by atoms with E-state index < -0.39 is 5.97 Å². The van der Waals surface area contributed by atoms with Crippen LogP contribution in [0.15, 0.2) is 41.2 Å². The highest BCUT2D eigenvalue weighted by Gasteiger charge is 2.25. The van der Waals surface area contributed by atoms with Crippen LogP contribution in [0.25, 0.3) is 21.9 Å². The lowest BCUT2D eigenvalue weighted by atomic mass is 9.96. The van der Waals surface area contributed by atoms with Crippen molar-refractivity contribution < 1.29 is 23.7 Å². The zero-order valence-corrected chi connectivity index (χ0v) is 17.1. The Bertz CT molecular complexity index is 1110. The fraction of sp³-hybridized carbons (Fsp3) is 0.273. The highest BCUT2D eigenvalue weighted by molar-refractivity contribution is 6.07. The van der Waals surface area contributed by atoms with Crippen molar-refractivity contribution in [1.29, 1.82) is 0 Å². The molecular weight excluding hydrogens is 374 g/mol. The van der Waals surface area contributed by atoms with Gasteiger partial charge in [0.1, 0.15) is 5.69 Å². The first-order chi connectivity index (χ1) is 14.0. The van der Waals surface area contributed by atoms with Gasteiger partial charge >= 0.3 is 5.97 Å². The lowest BCUT2D eigenvalue weighted by Gasteiger charge is -2.19. The Morgan fingerprint density at radius 2 is 1.52 bits per heavy atom. The fourth-order valence-corrected chi connectivity index (χ4v) is 3.53. The Hall–Kier alpha value is -3.48. The van der Waals surface area contributed by atoms with Gasteiger partial charge in [-0.2, -0.15) is 0 Å². The number of aromatic nitrogens is 1. The van der Waals surface area contributed by atoms with Gasteiger partial charge in [-0.05, 0) is 36.1 Å². The van der Waals surface area contributed by atoms with Crippen LogP contribution in [-0.4, -0.2) is 39.0 Å². The minimum Gasteiger partial charge on any atom is -0.493 e. The van der Waals surface area contributed by atoms with E-state index in [1.807, 2.05) is 19.1 Å². The molecule has 0 aliphatic heterocycles. The summed E-state index contributed by atoms with van der Waals surface area (Å²) in [5.74, 6) is 0.719. The van der Waals surface area contributed by atoms with Crippen LogP contribution in [0.3, 0.4) is 0 Å². The molecule has 152 valence electrons. The van der Waals surface area contributed by atoms with Crippen LogP contribution in [0.1, 0.15) is 17.4 Å². The molecule has 0 aliphatic rings. The number of nitrogens with zero attached hydrogens (tertiary/aromatic N) is 1. The van der Waals surface area contributed by atoms with Crippen LogP contribution in [0.5, 0.6) is 17.2 Å². The third kappa shape index (κ3) is 3.29. The Labute approximate surface area is 168 Å². The van der Waals surface area contributed by atoms with Crippen molar-refractivity contribution in [1.82, 2.24) is 4.57 Å².